The molecule has 3 aromatic carbocycles. The maximum absolute atomic E-state index is 12.8. The summed E-state index contributed by atoms with van der Waals surface area (Å²) in [6.45, 7) is 7.12. The maximum atomic E-state index is 12.8. The number of pyridine rings is 1. The molecule has 2 atom stereocenters. The van der Waals surface area contributed by atoms with E-state index >= 15 is 0 Å². The number of methoxy groups -OCH3 is 1. The van der Waals surface area contributed by atoms with Crippen LogP contribution >= 0.6 is 15.9 Å². The van der Waals surface area contributed by atoms with E-state index in [2.05, 4.69) is 58.9 Å². The standard InChI is InChI=1S/C31H35BrN2O2/c1-4-19-34(5-2)20-18-31(35,25-14-10-7-11-15-25)29(23-12-8-6-9-13-23)27-22-24-21-26(32)16-17-28(24)33-30(27)36-3/h6-17,21-22,29,35H,4-5,18-20H2,1-3H3. The van der Waals surface area contributed by atoms with E-state index in [1.165, 1.54) is 0 Å². The second-order valence-electron chi connectivity index (χ2n) is 9.24. The second kappa shape index (κ2) is 12.0. The van der Waals surface area contributed by atoms with Gasteiger partial charge in [-0.3, -0.25) is 0 Å². The number of aromatic nitrogens is 1. The molecule has 0 spiro atoms. The number of ether oxygens (including phenoxy) is 1. The minimum Gasteiger partial charge on any atom is -0.481 e. The van der Waals surface area contributed by atoms with Gasteiger partial charge in [-0.1, -0.05) is 90.4 Å². The Morgan fingerprint density at radius 2 is 1.64 bits per heavy atom. The Hall–Kier alpha value is -2.73. The summed E-state index contributed by atoms with van der Waals surface area (Å²) in [5.74, 6) is 0.154. The fourth-order valence-electron chi connectivity index (χ4n) is 5.13. The lowest BCUT2D eigenvalue weighted by atomic mass is 9.71. The van der Waals surface area contributed by atoms with Gasteiger partial charge in [0.15, 0.2) is 0 Å². The molecule has 1 N–H and O–H groups in total. The third-order valence-electron chi connectivity index (χ3n) is 6.95. The smallest absolute Gasteiger partial charge is 0.217 e. The fraction of sp³-hybridized carbons (Fsp3) is 0.323. The maximum Gasteiger partial charge on any atom is 0.217 e. The molecule has 0 saturated carbocycles. The Bertz CT molecular complexity index is 1270. The lowest BCUT2D eigenvalue weighted by Crippen LogP contribution is -2.39. The molecule has 36 heavy (non-hydrogen) atoms. The number of benzene rings is 3. The molecule has 4 aromatic rings. The highest BCUT2D eigenvalue weighted by atomic mass is 79.9. The Kier molecular flexibility index (Phi) is 8.78. The van der Waals surface area contributed by atoms with Gasteiger partial charge in [0.05, 0.1) is 12.6 Å². The number of halogens is 1. The monoisotopic (exact) mass is 546 g/mol. The van der Waals surface area contributed by atoms with E-state index in [0.717, 1.165) is 58.1 Å². The second-order valence-corrected chi connectivity index (χ2v) is 10.2. The summed E-state index contributed by atoms with van der Waals surface area (Å²) >= 11 is 3.60. The number of hydrogen-bond acceptors (Lipinski definition) is 4. The van der Waals surface area contributed by atoms with Gasteiger partial charge in [-0.05, 0) is 61.3 Å². The van der Waals surface area contributed by atoms with Crippen molar-refractivity contribution in [2.75, 3.05) is 26.7 Å². The van der Waals surface area contributed by atoms with Crippen LogP contribution in [0.2, 0.25) is 0 Å². The van der Waals surface area contributed by atoms with E-state index in [0.29, 0.717) is 12.3 Å². The minimum atomic E-state index is -1.18. The van der Waals surface area contributed by atoms with E-state index in [-0.39, 0.29) is 5.92 Å². The van der Waals surface area contributed by atoms with Crippen LogP contribution in [0.25, 0.3) is 10.9 Å². The molecule has 188 valence electrons. The van der Waals surface area contributed by atoms with Gasteiger partial charge in [-0.25, -0.2) is 4.98 Å². The number of aliphatic hydroxyl groups is 1. The van der Waals surface area contributed by atoms with Gasteiger partial charge in [0, 0.05) is 27.9 Å². The van der Waals surface area contributed by atoms with Gasteiger partial charge in [-0.15, -0.1) is 0 Å². The molecule has 0 aliphatic heterocycles. The van der Waals surface area contributed by atoms with Gasteiger partial charge in [0.1, 0.15) is 5.60 Å². The highest BCUT2D eigenvalue weighted by Crippen LogP contribution is 2.47. The van der Waals surface area contributed by atoms with Crippen molar-refractivity contribution in [1.29, 1.82) is 0 Å². The topological polar surface area (TPSA) is 45.6 Å². The molecule has 1 heterocycles. The van der Waals surface area contributed by atoms with Crippen LogP contribution in [0.4, 0.5) is 0 Å². The molecule has 0 amide bonds. The summed E-state index contributed by atoms with van der Waals surface area (Å²) in [6.07, 6.45) is 1.65. The number of hydrogen-bond donors (Lipinski definition) is 1. The molecular formula is C31H35BrN2O2. The minimum absolute atomic E-state index is 0.382. The average molecular weight is 548 g/mol. The Morgan fingerprint density at radius 3 is 2.28 bits per heavy atom. The van der Waals surface area contributed by atoms with Crippen LogP contribution < -0.4 is 4.74 Å². The van der Waals surface area contributed by atoms with Crippen LogP contribution in [-0.2, 0) is 5.60 Å². The summed E-state index contributed by atoms with van der Waals surface area (Å²) in [5, 5.41) is 13.8. The molecule has 0 bridgehead atoms. The van der Waals surface area contributed by atoms with Crippen molar-refractivity contribution in [3.63, 3.8) is 0 Å². The molecular weight excluding hydrogens is 512 g/mol. The first kappa shape index (κ1) is 26.3. The molecule has 1 aromatic heterocycles. The average Bonchev–Trinajstić information content (AvgIpc) is 2.91. The Balaban J connectivity index is 1.95. The molecule has 5 heteroatoms. The van der Waals surface area contributed by atoms with E-state index < -0.39 is 5.60 Å². The predicted octanol–water partition coefficient (Wildman–Crippen LogP) is 7.15. The van der Waals surface area contributed by atoms with E-state index in [4.69, 9.17) is 9.72 Å². The van der Waals surface area contributed by atoms with Gasteiger partial charge >= 0.3 is 0 Å². The lowest BCUT2D eigenvalue weighted by Gasteiger charge is -2.39. The van der Waals surface area contributed by atoms with Crippen LogP contribution in [-0.4, -0.2) is 41.7 Å². The highest BCUT2D eigenvalue weighted by molar-refractivity contribution is 9.10. The van der Waals surface area contributed by atoms with Crippen LogP contribution in [0.1, 0.15) is 49.3 Å². The van der Waals surface area contributed by atoms with Gasteiger partial charge in [0.25, 0.3) is 0 Å². The third kappa shape index (κ3) is 5.64. The quantitative estimate of drug-likeness (QED) is 0.217. The van der Waals surface area contributed by atoms with Crippen molar-refractivity contribution < 1.29 is 9.84 Å². The highest BCUT2D eigenvalue weighted by Gasteiger charge is 2.42. The van der Waals surface area contributed by atoms with Crippen molar-refractivity contribution in [2.45, 2.75) is 38.2 Å². The molecule has 2 unspecified atom stereocenters. The summed E-state index contributed by atoms with van der Waals surface area (Å²) in [4.78, 5) is 7.27. The van der Waals surface area contributed by atoms with Gasteiger partial charge < -0.3 is 14.7 Å². The van der Waals surface area contributed by atoms with Crippen molar-refractivity contribution in [3.05, 3.63) is 106 Å². The van der Waals surface area contributed by atoms with Crippen molar-refractivity contribution in [1.82, 2.24) is 9.88 Å². The first-order valence-corrected chi connectivity index (χ1v) is 13.5. The zero-order valence-corrected chi connectivity index (χ0v) is 22.9. The Morgan fingerprint density at radius 1 is 0.944 bits per heavy atom. The molecule has 4 nitrogen and oxygen atoms in total. The summed E-state index contributed by atoms with van der Waals surface area (Å²) in [5.41, 5.74) is 2.46. The van der Waals surface area contributed by atoms with Gasteiger partial charge in [-0.2, -0.15) is 0 Å². The van der Waals surface area contributed by atoms with Crippen LogP contribution in [0.3, 0.4) is 0 Å². The molecule has 0 radical (unpaired) electrons. The summed E-state index contributed by atoms with van der Waals surface area (Å²) < 4.78 is 6.84. The van der Waals surface area contributed by atoms with E-state index in [1.807, 2.05) is 60.7 Å². The molecule has 0 saturated heterocycles. The third-order valence-corrected chi connectivity index (χ3v) is 7.45. The summed E-state index contributed by atoms with van der Waals surface area (Å²) in [6, 6.07) is 28.5. The normalized spacial score (nSPS) is 14.1. The SMILES string of the molecule is CCCN(CC)CCC(O)(c1ccccc1)C(c1ccccc1)c1cc2cc(Br)ccc2nc1OC. The number of fused-ring (bicyclic) bond motifs is 1. The zero-order chi connectivity index (χ0) is 25.5. The first-order valence-electron chi connectivity index (χ1n) is 12.7. The van der Waals surface area contributed by atoms with Crippen LogP contribution in [0.15, 0.2) is 89.4 Å². The van der Waals surface area contributed by atoms with Gasteiger partial charge in [0.2, 0.25) is 5.88 Å². The predicted molar refractivity (Wildman–Crippen MR) is 152 cm³/mol. The molecule has 0 aliphatic carbocycles. The number of rotatable bonds is 11. The van der Waals surface area contributed by atoms with Crippen molar-refractivity contribution in [3.8, 4) is 5.88 Å². The van der Waals surface area contributed by atoms with E-state index in [1.54, 1.807) is 7.11 Å². The van der Waals surface area contributed by atoms with Crippen LogP contribution in [0.5, 0.6) is 5.88 Å². The number of nitrogens with zero attached hydrogens (tertiary/aromatic N) is 2. The molecule has 4 rings (SSSR count). The largest absolute Gasteiger partial charge is 0.481 e. The Labute approximate surface area is 223 Å². The lowest BCUT2D eigenvalue weighted by molar-refractivity contribution is 0.000733. The van der Waals surface area contributed by atoms with Crippen molar-refractivity contribution in [2.24, 2.45) is 0 Å². The fourth-order valence-corrected chi connectivity index (χ4v) is 5.51. The zero-order valence-electron chi connectivity index (χ0n) is 21.3. The first-order chi connectivity index (χ1) is 17.5. The van der Waals surface area contributed by atoms with Crippen molar-refractivity contribution >= 4 is 26.8 Å². The van der Waals surface area contributed by atoms with Crippen LogP contribution in [0, 0.1) is 0 Å². The molecule has 0 fully saturated rings. The van der Waals surface area contributed by atoms with E-state index in [9.17, 15) is 5.11 Å². The summed E-state index contributed by atoms with van der Waals surface area (Å²) in [7, 11) is 1.65. The molecule has 0 aliphatic rings.